The summed E-state index contributed by atoms with van der Waals surface area (Å²) in [5, 5.41) is 15.1. The van der Waals surface area contributed by atoms with Gasteiger partial charge in [0.15, 0.2) is 0 Å². The molecule has 0 bridgehead atoms. The summed E-state index contributed by atoms with van der Waals surface area (Å²) in [4.78, 5) is 18.5. The molecule has 1 fully saturated rings. The Morgan fingerprint density at radius 3 is 2.95 bits per heavy atom. The lowest BCUT2D eigenvalue weighted by Crippen LogP contribution is -2.48. The SMILES string of the molecule is CC(C)CC(CO)NC(=O)NC1CCN(c2ccccn2)C1. The van der Waals surface area contributed by atoms with Gasteiger partial charge in [0.25, 0.3) is 0 Å². The summed E-state index contributed by atoms with van der Waals surface area (Å²) in [5.41, 5.74) is 0. The lowest BCUT2D eigenvalue weighted by molar-refractivity contribution is 0.205. The number of carbonyl (C=O) groups is 1. The third kappa shape index (κ3) is 4.87. The van der Waals surface area contributed by atoms with Crippen LogP contribution in [0.25, 0.3) is 0 Å². The Morgan fingerprint density at radius 2 is 2.32 bits per heavy atom. The normalized spacial score (nSPS) is 19.3. The van der Waals surface area contributed by atoms with Gasteiger partial charge >= 0.3 is 6.03 Å². The summed E-state index contributed by atoms with van der Waals surface area (Å²) >= 11 is 0. The molecule has 1 aliphatic rings. The van der Waals surface area contributed by atoms with Crippen molar-refractivity contribution < 1.29 is 9.90 Å². The molecule has 1 saturated heterocycles. The van der Waals surface area contributed by atoms with E-state index in [0.717, 1.165) is 31.7 Å². The highest BCUT2D eigenvalue weighted by molar-refractivity contribution is 5.74. The first-order chi connectivity index (χ1) is 10.6. The highest BCUT2D eigenvalue weighted by Crippen LogP contribution is 2.17. The Morgan fingerprint density at radius 1 is 1.50 bits per heavy atom. The Balaban J connectivity index is 1.78. The maximum absolute atomic E-state index is 12.0. The minimum atomic E-state index is -0.201. The van der Waals surface area contributed by atoms with Crippen molar-refractivity contribution in [3.8, 4) is 0 Å². The maximum atomic E-state index is 12.0. The summed E-state index contributed by atoms with van der Waals surface area (Å²) in [7, 11) is 0. The molecule has 2 unspecified atom stereocenters. The van der Waals surface area contributed by atoms with E-state index in [1.54, 1.807) is 6.20 Å². The molecule has 2 rings (SSSR count). The number of anilines is 1. The second-order valence-electron chi connectivity index (χ2n) is 6.25. The van der Waals surface area contributed by atoms with E-state index in [1.807, 2.05) is 18.2 Å². The Labute approximate surface area is 131 Å². The number of nitrogens with zero attached hydrogens (tertiary/aromatic N) is 2. The van der Waals surface area contributed by atoms with Gasteiger partial charge in [-0.1, -0.05) is 19.9 Å². The molecule has 0 saturated carbocycles. The lowest BCUT2D eigenvalue weighted by Gasteiger charge is -2.21. The number of pyridine rings is 1. The van der Waals surface area contributed by atoms with E-state index in [4.69, 9.17) is 0 Å². The van der Waals surface area contributed by atoms with Gasteiger partial charge in [0, 0.05) is 25.3 Å². The molecule has 22 heavy (non-hydrogen) atoms. The molecule has 2 atom stereocenters. The highest BCUT2D eigenvalue weighted by atomic mass is 16.3. The van der Waals surface area contributed by atoms with Crippen molar-refractivity contribution in [2.45, 2.75) is 38.8 Å². The Kier molecular flexibility index (Phi) is 6.00. The molecule has 6 nitrogen and oxygen atoms in total. The summed E-state index contributed by atoms with van der Waals surface area (Å²) in [6.45, 7) is 5.76. The minimum Gasteiger partial charge on any atom is -0.394 e. The molecule has 1 aromatic rings. The maximum Gasteiger partial charge on any atom is 0.315 e. The molecule has 0 radical (unpaired) electrons. The van der Waals surface area contributed by atoms with E-state index in [0.29, 0.717) is 5.92 Å². The van der Waals surface area contributed by atoms with Gasteiger partial charge in [0.2, 0.25) is 0 Å². The van der Waals surface area contributed by atoms with E-state index in [1.165, 1.54) is 0 Å². The fraction of sp³-hybridized carbons (Fsp3) is 0.625. The van der Waals surface area contributed by atoms with Crippen LogP contribution < -0.4 is 15.5 Å². The second-order valence-corrected chi connectivity index (χ2v) is 6.25. The number of amides is 2. The van der Waals surface area contributed by atoms with Crippen LogP contribution in [0.1, 0.15) is 26.7 Å². The number of rotatable bonds is 6. The Hall–Kier alpha value is -1.82. The van der Waals surface area contributed by atoms with Crippen LogP contribution in [-0.2, 0) is 0 Å². The number of hydrogen-bond acceptors (Lipinski definition) is 4. The van der Waals surface area contributed by atoms with Gasteiger partial charge in [-0.05, 0) is 30.9 Å². The molecule has 2 heterocycles. The highest BCUT2D eigenvalue weighted by Gasteiger charge is 2.25. The fourth-order valence-corrected chi connectivity index (χ4v) is 2.79. The average molecular weight is 306 g/mol. The average Bonchev–Trinajstić information content (AvgIpc) is 2.95. The molecular weight excluding hydrogens is 280 g/mol. The third-order valence-electron chi connectivity index (χ3n) is 3.81. The number of aromatic nitrogens is 1. The molecule has 1 aromatic heterocycles. The third-order valence-corrected chi connectivity index (χ3v) is 3.81. The quantitative estimate of drug-likeness (QED) is 0.742. The van der Waals surface area contributed by atoms with Crippen LogP contribution in [0.2, 0.25) is 0 Å². The van der Waals surface area contributed by atoms with Crippen LogP contribution >= 0.6 is 0 Å². The van der Waals surface area contributed by atoms with E-state index in [2.05, 4.69) is 34.4 Å². The van der Waals surface area contributed by atoms with Gasteiger partial charge in [0.1, 0.15) is 5.82 Å². The van der Waals surface area contributed by atoms with Crippen LogP contribution in [-0.4, -0.2) is 47.9 Å². The summed E-state index contributed by atoms with van der Waals surface area (Å²) in [6.07, 6.45) is 3.45. The monoisotopic (exact) mass is 306 g/mol. The number of aliphatic hydroxyl groups is 1. The molecule has 1 aliphatic heterocycles. The van der Waals surface area contributed by atoms with Crippen LogP contribution in [0, 0.1) is 5.92 Å². The molecule has 0 aromatic carbocycles. The minimum absolute atomic E-state index is 0.0314. The summed E-state index contributed by atoms with van der Waals surface area (Å²) in [5.74, 6) is 1.38. The predicted octanol–water partition coefficient (Wildman–Crippen LogP) is 1.37. The van der Waals surface area contributed by atoms with Gasteiger partial charge < -0.3 is 20.6 Å². The van der Waals surface area contributed by atoms with E-state index < -0.39 is 0 Å². The number of carbonyl (C=O) groups excluding carboxylic acids is 1. The van der Waals surface area contributed by atoms with Gasteiger partial charge in [-0.3, -0.25) is 0 Å². The topological polar surface area (TPSA) is 77.5 Å². The van der Waals surface area contributed by atoms with Crippen LogP contribution in [0.3, 0.4) is 0 Å². The molecular formula is C16H26N4O2. The van der Waals surface area contributed by atoms with E-state index in [9.17, 15) is 9.90 Å². The molecule has 6 heteroatoms. The first-order valence-electron chi connectivity index (χ1n) is 7.92. The predicted molar refractivity (Wildman–Crippen MR) is 86.9 cm³/mol. The summed E-state index contributed by atoms with van der Waals surface area (Å²) < 4.78 is 0. The second kappa shape index (κ2) is 7.98. The zero-order valence-corrected chi connectivity index (χ0v) is 13.3. The van der Waals surface area contributed by atoms with Crippen LogP contribution in [0.4, 0.5) is 10.6 Å². The number of hydrogen-bond donors (Lipinski definition) is 3. The summed E-state index contributed by atoms with van der Waals surface area (Å²) in [6, 6.07) is 5.56. The van der Waals surface area contributed by atoms with E-state index >= 15 is 0 Å². The molecule has 2 amide bonds. The zero-order chi connectivity index (χ0) is 15.9. The lowest BCUT2D eigenvalue weighted by atomic mass is 10.0. The molecule has 0 spiro atoms. The van der Waals surface area contributed by atoms with Crippen molar-refractivity contribution in [2.75, 3.05) is 24.6 Å². The van der Waals surface area contributed by atoms with Crippen LogP contribution in [0.5, 0.6) is 0 Å². The fourth-order valence-electron chi connectivity index (χ4n) is 2.79. The van der Waals surface area contributed by atoms with Crippen LogP contribution in [0.15, 0.2) is 24.4 Å². The Bertz CT molecular complexity index is 466. The molecule has 0 aliphatic carbocycles. The smallest absolute Gasteiger partial charge is 0.315 e. The van der Waals surface area contributed by atoms with Crippen molar-refractivity contribution in [2.24, 2.45) is 5.92 Å². The molecule has 122 valence electrons. The van der Waals surface area contributed by atoms with Gasteiger partial charge in [-0.2, -0.15) is 0 Å². The van der Waals surface area contributed by atoms with Crippen molar-refractivity contribution in [1.82, 2.24) is 15.6 Å². The van der Waals surface area contributed by atoms with E-state index in [-0.39, 0.29) is 24.7 Å². The van der Waals surface area contributed by atoms with Gasteiger partial charge in [-0.15, -0.1) is 0 Å². The zero-order valence-electron chi connectivity index (χ0n) is 13.3. The van der Waals surface area contributed by atoms with Crippen molar-refractivity contribution in [3.05, 3.63) is 24.4 Å². The van der Waals surface area contributed by atoms with Crippen molar-refractivity contribution in [1.29, 1.82) is 0 Å². The van der Waals surface area contributed by atoms with Gasteiger partial charge in [0.05, 0.1) is 12.6 Å². The number of aliphatic hydroxyl groups excluding tert-OH is 1. The largest absolute Gasteiger partial charge is 0.394 e. The first-order valence-corrected chi connectivity index (χ1v) is 7.92. The van der Waals surface area contributed by atoms with Crippen molar-refractivity contribution >= 4 is 11.8 Å². The first kappa shape index (κ1) is 16.5. The van der Waals surface area contributed by atoms with Crippen molar-refractivity contribution in [3.63, 3.8) is 0 Å². The van der Waals surface area contributed by atoms with Gasteiger partial charge in [-0.25, -0.2) is 9.78 Å². The molecule has 3 N–H and O–H groups in total. The standard InChI is InChI=1S/C16H26N4O2/c1-12(2)9-14(11-21)19-16(22)18-13-6-8-20(10-13)15-5-3-4-7-17-15/h3-5,7,12-14,21H,6,8-11H2,1-2H3,(H2,18,19,22). The number of urea groups is 1. The number of nitrogens with one attached hydrogen (secondary N) is 2.